The van der Waals surface area contributed by atoms with Crippen LogP contribution in [0.15, 0.2) is 53.8 Å². The van der Waals surface area contributed by atoms with Crippen LogP contribution in [0.5, 0.6) is 0 Å². The summed E-state index contributed by atoms with van der Waals surface area (Å²) in [5, 5.41) is 3.61. The van der Waals surface area contributed by atoms with E-state index in [2.05, 4.69) is 5.10 Å². The van der Waals surface area contributed by atoms with Crippen molar-refractivity contribution in [2.75, 3.05) is 7.05 Å². The normalized spacial score (nSPS) is 20.0. The van der Waals surface area contributed by atoms with E-state index in [1.54, 1.807) is 0 Å². The van der Waals surface area contributed by atoms with Gasteiger partial charge in [0.15, 0.2) is 17.3 Å². The minimum atomic E-state index is -4.65. The molecule has 0 fully saturated rings. The predicted octanol–water partition coefficient (Wildman–Crippen LogP) is 5.15. The molecule has 0 aromatic heterocycles. The molecular weight excluding hydrogens is 346 g/mol. The summed E-state index contributed by atoms with van der Waals surface area (Å²) >= 11 is 0. The average molecular weight is 357 g/mol. The predicted molar refractivity (Wildman–Crippen MR) is 82.1 cm³/mol. The van der Waals surface area contributed by atoms with Gasteiger partial charge in [-0.25, -0.2) is 13.2 Å². The van der Waals surface area contributed by atoms with Crippen LogP contribution >= 0.6 is 0 Å². The summed E-state index contributed by atoms with van der Waals surface area (Å²) in [4.78, 5) is 0. The second-order valence-electron chi connectivity index (χ2n) is 5.62. The van der Waals surface area contributed by atoms with Crippen molar-refractivity contribution in [1.82, 2.24) is 4.59 Å². The van der Waals surface area contributed by atoms with Crippen LogP contribution in [0, 0.1) is 17.5 Å². The fourth-order valence-corrected chi connectivity index (χ4v) is 2.58. The van der Waals surface area contributed by atoms with E-state index in [0.29, 0.717) is 0 Å². The third kappa shape index (κ3) is 3.17. The first kappa shape index (κ1) is 17.2. The first-order valence-electron chi connectivity index (χ1n) is 7.08. The molecule has 1 atom stereocenters. The van der Waals surface area contributed by atoms with E-state index in [9.17, 15) is 26.3 Å². The Hall–Kier alpha value is -2.61. The molecule has 0 aliphatic carbocycles. The highest BCUT2D eigenvalue weighted by atomic mass is 19.4. The molecule has 0 saturated heterocycles. The van der Waals surface area contributed by atoms with Gasteiger partial charge in [-0.2, -0.15) is 13.2 Å². The van der Waals surface area contributed by atoms with Gasteiger partial charge in [0.25, 0.3) is 0 Å². The lowest BCUT2D eigenvalue weighted by Gasteiger charge is -2.23. The largest absolute Gasteiger partial charge is 0.438 e. The van der Waals surface area contributed by atoms with Crippen molar-refractivity contribution < 1.29 is 26.3 Å². The monoisotopic (exact) mass is 357 g/mol. The number of halogens is 6. The molecule has 8 heteroatoms. The summed E-state index contributed by atoms with van der Waals surface area (Å²) in [5.74, 6) is -2.87. The standard InChI is InChI=1S/C17H11F6N2/c1-25(7-6-16(24-25)17(21,22)23)15-9-11(18)3-4-12(15)10-2-5-13(19)14(20)8-10/h2-9H,1H3/q+1. The molecule has 1 aliphatic heterocycles. The topological polar surface area (TPSA) is 12.4 Å². The van der Waals surface area contributed by atoms with Gasteiger partial charge in [0, 0.05) is 17.7 Å². The Morgan fingerprint density at radius 1 is 0.920 bits per heavy atom. The average Bonchev–Trinajstić information content (AvgIpc) is 2.94. The van der Waals surface area contributed by atoms with Gasteiger partial charge in [-0.3, -0.25) is 0 Å². The van der Waals surface area contributed by atoms with Crippen LogP contribution in [0.1, 0.15) is 0 Å². The molecule has 130 valence electrons. The zero-order chi connectivity index (χ0) is 18.4. The molecule has 0 amide bonds. The maximum Gasteiger partial charge on any atom is 0.438 e. The van der Waals surface area contributed by atoms with Gasteiger partial charge < -0.3 is 0 Å². The fourth-order valence-electron chi connectivity index (χ4n) is 2.58. The second-order valence-corrected chi connectivity index (χ2v) is 5.62. The first-order valence-corrected chi connectivity index (χ1v) is 7.08. The molecule has 2 aromatic carbocycles. The Bertz CT molecular complexity index is 900. The van der Waals surface area contributed by atoms with Crippen molar-refractivity contribution in [3.63, 3.8) is 0 Å². The lowest BCUT2D eigenvalue weighted by molar-refractivity contribution is -0.0581. The molecule has 1 heterocycles. The highest BCUT2D eigenvalue weighted by Gasteiger charge is 2.43. The Balaban J connectivity index is 2.17. The molecule has 0 saturated carbocycles. The molecule has 0 N–H and O–H groups in total. The van der Waals surface area contributed by atoms with E-state index in [1.165, 1.54) is 19.2 Å². The number of quaternary nitrogens is 1. The molecule has 1 aliphatic rings. The number of alkyl halides is 3. The van der Waals surface area contributed by atoms with E-state index in [-0.39, 0.29) is 16.8 Å². The van der Waals surface area contributed by atoms with Gasteiger partial charge in [-0.1, -0.05) is 11.2 Å². The number of allylic oxidation sites excluding steroid dienone is 1. The molecule has 0 bridgehead atoms. The Morgan fingerprint density at radius 3 is 2.24 bits per heavy atom. The van der Waals surface area contributed by atoms with Gasteiger partial charge >= 0.3 is 6.18 Å². The minimum absolute atomic E-state index is 0.0570. The van der Waals surface area contributed by atoms with Crippen LogP contribution in [0.4, 0.5) is 32.0 Å². The Kier molecular flexibility index (Phi) is 3.95. The van der Waals surface area contributed by atoms with E-state index in [0.717, 1.165) is 36.5 Å². The molecule has 25 heavy (non-hydrogen) atoms. The second kappa shape index (κ2) is 5.73. The lowest BCUT2D eigenvalue weighted by Crippen LogP contribution is -2.33. The maximum atomic E-state index is 13.7. The Morgan fingerprint density at radius 2 is 1.64 bits per heavy atom. The quantitative estimate of drug-likeness (QED) is 0.520. The van der Waals surface area contributed by atoms with Crippen molar-refractivity contribution in [1.29, 1.82) is 0 Å². The van der Waals surface area contributed by atoms with Gasteiger partial charge in [0.1, 0.15) is 19.1 Å². The number of benzene rings is 2. The van der Waals surface area contributed by atoms with Crippen molar-refractivity contribution in [3.8, 4) is 11.1 Å². The third-order valence-corrected chi connectivity index (χ3v) is 3.81. The molecule has 2 aromatic rings. The van der Waals surface area contributed by atoms with Gasteiger partial charge in [0.05, 0.1) is 0 Å². The van der Waals surface area contributed by atoms with E-state index >= 15 is 0 Å². The number of rotatable bonds is 2. The lowest BCUT2D eigenvalue weighted by atomic mass is 10.0. The summed E-state index contributed by atoms with van der Waals surface area (Å²) in [7, 11) is 1.33. The number of hydrogen-bond acceptors (Lipinski definition) is 1. The summed E-state index contributed by atoms with van der Waals surface area (Å²) < 4.78 is 78.3. The Labute approximate surface area is 138 Å². The molecule has 3 rings (SSSR count). The number of nitrogens with zero attached hydrogens (tertiary/aromatic N) is 2. The maximum absolute atomic E-state index is 13.7. The summed E-state index contributed by atoms with van der Waals surface area (Å²) in [6.07, 6.45) is -2.72. The van der Waals surface area contributed by atoms with E-state index in [4.69, 9.17) is 0 Å². The molecule has 2 nitrogen and oxygen atoms in total. The third-order valence-electron chi connectivity index (χ3n) is 3.81. The van der Waals surface area contributed by atoms with Gasteiger partial charge in [0.2, 0.25) is 5.71 Å². The van der Waals surface area contributed by atoms with Crippen LogP contribution in [-0.2, 0) is 0 Å². The SMILES string of the molecule is C[N+]1(c2cc(F)ccc2-c2ccc(F)c(F)c2)C=CC(C(F)(F)F)=N1. The fraction of sp³-hybridized carbons (Fsp3) is 0.118. The zero-order valence-electron chi connectivity index (χ0n) is 12.8. The van der Waals surface area contributed by atoms with Gasteiger partial charge in [-0.15, -0.1) is 4.59 Å². The van der Waals surface area contributed by atoms with Crippen molar-refractivity contribution in [2.24, 2.45) is 5.10 Å². The molecule has 1 unspecified atom stereocenters. The summed E-state index contributed by atoms with van der Waals surface area (Å²) in [6, 6.07) is 6.43. The summed E-state index contributed by atoms with van der Waals surface area (Å²) in [5.41, 5.74) is -0.631. The molecule has 0 radical (unpaired) electrons. The van der Waals surface area contributed by atoms with E-state index in [1.807, 2.05) is 0 Å². The van der Waals surface area contributed by atoms with Crippen LogP contribution in [0.2, 0.25) is 0 Å². The highest BCUT2D eigenvalue weighted by Crippen LogP contribution is 2.39. The van der Waals surface area contributed by atoms with Crippen LogP contribution < -0.4 is 4.59 Å². The summed E-state index contributed by atoms with van der Waals surface area (Å²) in [6.45, 7) is 0. The van der Waals surface area contributed by atoms with E-state index < -0.39 is 33.9 Å². The van der Waals surface area contributed by atoms with Crippen LogP contribution in [-0.4, -0.2) is 18.9 Å². The van der Waals surface area contributed by atoms with Crippen LogP contribution in [0.25, 0.3) is 11.1 Å². The van der Waals surface area contributed by atoms with Crippen molar-refractivity contribution in [3.05, 3.63) is 66.1 Å². The minimum Gasteiger partial charge on any atom is -0.207 e. The van der Waals surface area contributed by atoms with Crippen LogP contribution in [0.3, 0.4) is 0 Å². The zero-order valence-corrected chi connectivity index (χ0v) is 12.8. The molecular formula is C17H11F6N2+. The van der Waals surface area contributed by atoms with Crippen molar-refractivity contribution in [2.45, 2.75) is 6.18 Å². The van der Waals surface area contributed by atoms with Gasteiger partial charge in [-0.05, 0) is 29.8 Å². The first-order chi connectivity index (χ1) is 11.6. The smallest absolute Gasteiger partial charge is 0.207 e. The number of hydrogen-bond donors (Lipinski definition) is 0. The highest BCUT2D eigenvalue weighted by molar-refractivity contribution is 6.01. The van der Waals surface area contributed by atoms with Crippen molar-refractivity contribution >= 4 is 11.4 Å². The molecule has 0 spiro atoms.